The molecule has 0 bridgehead atoms. The minimum atomic E-state index is -1.71. The molecule has 0 unspecified atom stereocenters. The van der Waals surface area contributed by atoms with Crippen molar-refractivity contribution < 1.29 is 4.42 Å². The van der Waals surface area contributed by atoms with Gasteiger partial charge in [0.05, 0.1) is 18.1 Å². The van der Waals surface area contributed by atoms with E-state index in [0.717, 1.165) is 5.56 Å². The molecule has 18 heavy (non-hydrogen) atoms. The molecule has 2 aromatic rings. The van der Waals surface area contributed by atoms with Gasteiger partial charge < -0.3 is 4.42 Å². The van der Waals surface area contributed by atoms with Crippen LogP contribution in [-0.4, -0.2) is 10.2 Å². The molecule has 0 aliphatic carbocycles. The first kappa shape index (κ1) is 13.2. The van der Waals surface area contributed by atoms with Gasteiger partial charge in [-0.15, -0.1) is 10.2 Å². The van der Waals surface area contributed by atoms with Crippen LogP contribution in [0.5, 0.6) is 0 Å². The largest absolute Gasteiger partial charge is 0.420 e. The minimum Gasteiger partial charge on any atom is -0.420 e. The Kier molecular flexibility index (Phi) is 3.76. The standard InChI is InChI=1S/C11H6Cl3N3O/c12-11(13,14)10-17-16-9(18-10)5-7-1-3-8(6-15)4-2-7/h1-4H,5H2. The van der Waals surface area contributed by atoms with Gasteiger partial charge in [-0.1, -0.05) is 46.9 Å². The Morgan fingerprint density at radius 1 is 1.17 bits per heavy atom. The number of hydrogen-bond acceptors (Lipinski definition) is 4. The van der Waals surface area contributed by atoms with E-state index in [0.29, 0.717) is 17.9 Å². The van der Waals surface area contributed by atoms with Crippen molar-refractivity contribution in [1.29, 1.82) is 5.26 Å². The third-order valence-electron chi connectivity index (χ3n) is 2.15. The summed E-state index contributed by atoms with van der Waals surface area (Å²) in [6, 6.07) is 9.06. The number of nitrogens with zero attached hydrogens (tertiary/aromatic N) is 3. The predicted molar refractivity (Wildman–Crippen MR) is 67.5 cm³/mol. The smallest absolute Gasteiger partial charge is 0.268 e. The highest BCUT2D eigenvalue weighted by Gasteiger charge is 2.30. The monoisotopic (exact) mass is 301 g/mol. The highest BCUT2D eigenvalue weighted by molar-refractivity contribution is 6.66. The van der Waals surface area contributed by atoms with E-state index >= 15 is 0 Å². The van der Waals surface area contributed by atoms with Gasteiger partial charge in [0.1, 0.15) is 0 Å². The Hall–Kier alpha value is -1.28. The van der Waals surface area contributed by atoms with E-state index in [1.165, 1.54) is 0 Å². The Balaban J connectivity index is 2.14. The van der Waals surface area contributed by atoms with Crippen molar-refractivity contribution in [2.75, 3.05) is 0 Å². The average molecular weight is 303 g/mol. The summed E-state index contributed by atoms with van der Waals surface area (Å²) in [5.74, 6) is 0.289. The van der Waals surface area contributed by atoms with Gasteiger partial charge in [0, 0.05) is 0 Å². The molecule has 7 heteroatoms. The van der Waals surface area contributed by atoms with Crippen LogP contribution in [-0.2, 0) is 10.2 Å². The first-order valence-corrected chi connectivity index (χ1v) is 6.01. The molecule has 0 atom stereocenters. The van der Waals surface area contributed by atoms with Crippen molar-refractivity contribution in [3.8, 4) is 6.07 Å². The van der Waals surface area contributed by atoms with Crippen LogP contribution in [0.15, 0.2) is 28.7 Å². The quantitative estimate of drug-likeness (QED) is 0.798. The average Bonchev–Trinajstić information content (AvgIpc) is 2.78. The first-order chi connectivity index (χ1) is 8.49. The molecule has 4 nitrogen and oxygen atoms in total. The van der Waals surface area contributed by atoms with Crippen LogP contribution in [0.4, 0.5) is 0 Å². The van der Waals surface area contributed by atoms with E-state index < -0.39 is 3.79 Å². The third-order valence-corrected chi connectivity index (χ3v) is 2.63. The fourth-order valence-corrected chi connectivity index (χ4v) is 1.54. The summed E-state index contributed by atoms with van der Waals surface area (Å²) >= 11 is 16.8. The van der Waals surface area contributed by atoms with Crippen LogP contribution in [0.25, 0.3) is 0 Å². The lowest BCUT2D eigenvalue weighted by Gasteiger charge is -2.02. The summed E-state index contributed by atoms with van der Waals surface area (Å²) in [5, 5.41) is 16.1. The van der Waals surface area contributed by atoms with Crippen molar-refractivity contribution >= 4 is 34.8 Å². The summed E-state index contributed by atoms with van der Waals surface area (Å²) < 4.78 is 3.51. The topological polar surface area (TPSA) is 62.7 Å². The molecule has 1 aromatic carbocycles. The predicted octanol–water partition coefficient (Wildman–Crippen LogP) is 3.36. The van der Waals surface area contributed by atoms with Gasteiger partial charge >= 0.3 is 0 Å². The lowest BCUT2D eigenvalue weighted by atomic mass is 10.1. The molecular formula is C11H6Cl3N3O. The molecule has 2 rings (SSSR count). The second-order valence-electron chi connectivity index (χ2n) is 3.48. The van der Waals surface area contributed by atoms with Gasteiger partial charge in [-0.05, 0) is 17.7 Å². The molecule has 92 valence electrons. The van der Waals surface area contributed by atoms with Gasteiger partial charge in [0.2, 0.25) is 5.89 Å². The molecule has 0 radical (unpaired) electrons. The molecule has 1 aromatic heterocycles. The highest BCUT2D eigenvalue weighted by atomic mass is 35.6. The zero-order valence-electron chi connectivity index (χ0n) is 8.90. The molecule has 0 aliphatic heterocycles. The van der Waals surface area contributed by atoms with Crippen molar-refractivity contribution in [2.45, 2.75) is 10.2 Å². The number of alkyl halides is 3. The summed E-state index contributed by atoms with van der Waals surface area (Å²) in [5.41, 5.74) is 1.51. The Morgan fingerprint density at radius 3 is 2.33 bits per heavy atom. The number of halogens is 3. The Morgan fingerprint density at radius 2 is 1.83 bits per heavy atom. The molecule has 0 amide bonds. The summed E-state index contributed by atoms with van der Waals surface area (Å²) in [4.78, 5) is 0. The normalized spacial score (nSPS) is 11.2. The van der Waals surface area contributed by atoms with Gasteiger partial charge in [-0.2, -0.15) is 5.26 Å². The maximum absolute atomic E-state index is 8.68. The third kappa shape index (κ3) is 3.14. The zero-order valence-corrected chi connectivity index (χ0v) is 11.2. The van der Waals surface area contributed by atoms with Crippen molar-refractivity contribution in [3.63, 3.8) is 0 Å². The van der Waals surface area contributed by atoms with Crippen LogP contribution < -0.4 is 0 Å². The van der Waals surface area contributed by atoms with Crippen LogP contribution in [0.3, 0.4) is 0 Å². The van der Waals surface area contributed by atoms with Crippen LogP contribution in [0, 0.1) is 11.3 Å². The van der Waals surface area contributed by atoms with Crippen LogP contribution >= 0.6 is 34.8 Å². The van der Waals surface area contributed by atoms with Gasteiger partial charge in [-0.25, -0.2) is 0 Å². The van der Waals surface area contributed by atoms with Crippen LogP contribution in [0.2, 0.25) is 0 Å². The number of aromatic nitrogens is 2. The minimum absolute atomic E-state index is 0.0591. The highest BCUT2D eigenvalue weighted by Crippen LogP contribution is 2.37. The lowest BCUT2D eigenvalue weighted by Crippen LogP contribution is -1.99. The maximum atomic E-state index is 8.68. The fourth-order valence-electron chi connectivity index (χ4n) is 1.31. The number of benzene rings is 1. The Bertz CT molecular complexity index is 581. The SMILES string of the molecule is N#Cc1ccc(Cc2nnc(C(Cl)(Cl)Cl)o2)cc1. The van der Waals surface area contributed by atoms with Crippen molar-refractivity contribution in [1.82, 2.24) is 10.2 Å². The van der Waals surface area contributed by atoms with Gasteiger partial charge in [0.15, 0.2) is 0 Å². The molecule has 0 saturated carbocycles. The molecule has 1 heterocycles. The van der Waals surface area contributed by atoms with Crippen molar-refractivity contribution in [3.05, 3.63) is 47.2 Å². The van der Waals surface area contributed by atoms with Crippen LogP contribution in [0.1, 0.15) is 22.9 Å². The summed E-state index contributed by atoms with van der Waals surface area (Å²) in [7, 11) is 0. The summed E-state index contributed by atoms with van der Waals surface area (Å²) in [6.45, 7) is 0. The van der Waals surface area contributed by atoms with Gasteiger partial charge in [-0.3, -0.25) is 0 Å². The van der Waals surface area contributed by atoms with E-state index in [9.17, 15) is 0 Å². The first-order valence-electron chi connectivity index (χ1n) is 4.87. The number of hydrogen-bond donors (Lipinski definition) is 0. The zero-order chi connectivity index (χ0) is 13.2. The molecule has 0 saturated heterocycles. The molecule has 0 fully saturated rings. The molecule has 0 spiro atoms. The van der Waals surface area contributed by atoms with E-state index in [1.54, 1.807) is 24.3 Å². The van der Waals surface area contributed by atoms with E-state index in [-0.39, 0.29) is 5.89 Å². The fraction of sp³-hybridized carbons (Fsp3) is 0.182. The molecule has 0 N–H and O–H groups in total. The molecule has 0 aliphatic rings. The lowest BCUT2D eigenvalue weighted by molar-refractivity contribution is 0.463. The Labute approximate surface area is 118 Å². The number of rotatable bonds is 2. The van der Waals surface area contributed by atoms with E-state index in [4.69, 9.17) is 44.5 Å². The van der Waals surface area contributed by atoms with E-state index in [1.807, 2.05) is 6.07 Å². The summed E-state index contributed by atoms with van der Waals surface area (Å²) in [6.07, 6.45) is 0.416. The van der Waals surface area contributed by atoms with E-state index in [2.05, 4.69) is 10.2 Å². The van der Waals surface area contributed by atoms with Gasteiger partial charge in [0.25, 0.3) is 9.68 Å². The van der Waals surface area contributed by atoms with Crippen molar-refractivity contribution in [2.24, 2.45) is 0 Å². The molecular weight excluding hydrogens is 297 g/mol. The second-order valence-corrected chi connectivity index (χ2v) is 5.77. The maximum Gasteiger partial charge on any atom is 0.268 e. The number of nitriles is 1. The second kappa shape index (κ2) is 5.15.